The first-order valence-electron chi connectivity index (χ1n) is 5.63. The molecule has 0 nitrogen and oxygen atoms in total. The fourth-order valence-corrected chi connectivity index (χ4v) is 2.90. The van der Waals surface area contributed by atoms with Gasteiger partial charge in [0.25, 0.3) is 0 Å². The van der Waals surface area contributed by atoms with Gasteiger partial charge in [-0.1, -0.05) is 52.9 Å². The second-order valence-electron chi connectivity index (χ2n) is 5.72. The van der Waals surface area contributed by atoms with Crippen molar-refractivity contribution in [2.75, 3.05) is 0 Å². The van der Waals surface area contributed by atoms with Crippen LogP contribution in [0.2, 0.25) is 0 Å². The Hall–Kier alpha value is 0.688. The van der Waals surface area contributed by atoms with E-state index in [1.165, 1.54) is 0 Å². The molecule has 4 unspecified atom stereocenters. The van der Waals surface area contributed by atoms with Gasteiger partial charge in [-0.15, -0.1) is 0 Å². The minimum absolute atomic E-state index is 0. The predicted octanol–water partition coefficient (Wildman–Crippen LogP) is 4.16. The van der Waals surface area contributed by atoms with E-state index >= 15 is 0 Å². The van der Waals surface area contributed by atoms with Crippen LogP contribution in [0.15, 0.2) is 0 Å². The summed E-state index contributed by atoms with van der Waals surface area (Å²) in [6, 6.07) is 0. The van der Waals surface area contributed by atoms with Crippen molar-refractivity contribution in [3.63, 3.8) is 0 Å². The van der Waals surface area contributed by atoms with E-state index in [2.05, 4.69) is 48.5 Å². The van der Waals surface area contributed by atoms with Crippen LogP contribution in [0.1, 0.15) is 48.5 Å². The Balaban J connectivity index is 0.00000169. The van der Waals surface area contributed by atoms with E-state index in [9.17, 15) is 0 Å². The molecule has 0 aromatic heterocycles. The van der Waals surface area contributed by atoms with Gasteiger partial charge >= 0.3 is 0 Å². The average molecular weight is 365 g/mol. The number of rotatable bonds is 0. The molecule has 84 valence electrons. The zero-order valence-corrected chi connectivity index (χ0v) is 13.7. The average Bonchev–Trinajstić information content (AvgIpc) is 2.09. The molecule has 0 heterocycles. The molecule has 0 radical (unpaired) electrons. The molecule has 0 spiro atoms. The van der Waals surface area contributed by atoms with E-state index in [1.807, 2.05) is 0 Å². The molecule has 4 atom stereocenters. The molecule has 0 amide bonds. The normalized spacial score (nSPS) is 43.1. The molecule has 1 fully saturated rings. The van der Waals surface area contributed by atoms with Gasteiger partial charge in [-0.25, -0.2) is 0 Å². The van der Waals surface area contributed by atoms with Crippen LogP contribution in [0.5, 0.6) is 0 Å². The summed E-state index contributed by atoms with van der Waals surface area (Å²) >= 11 is 0. The van der Waals surface area contributed by atoms with Gasteiger partial charge in [0.05, 0.1) is 0 Å². The molecule has 1 aliphatic carbocycles. The summed E-state index contributed by atoms with van der Waals surface area (Å²) in [4.78, 5) is 0. The van der Waals surface area contributed by atoms with Crippen molar-refractivity contribution < 1.29 is 21.1 Å². The van der Waals surface area contributed by atoms with E-state index in [-0.39, 0.29) is 21.1 Å². The molecule has 1 heteroatoms. The van der Waals surface area contributed by atoms with Crippen molar-refractivity contribution in [1.29, 1.82) is 0 Å². The van der Waals surface area contributed by atoms with Crippen molar-refractivity contribution in [2.24, 2.45) is 29.1 Å². The van der Waals surface area contributed by atoms with E-state index in [1.54, 1.807) is 5.92 Å². The van der Waals surface area contributed by atoms with Crippen molar-refractivity contribution in [3.05, 3.63) is 5.92 Å². The van der Waals surface area contributed by atoms with Crippen LogP contribution in [0.25, 0.3) is 0 Å². The summed E-state index contributed by atoms with van der Waals surface area (Å²) in [5, 5.41) is 0. The third-order valence-electron chi connectivity index (χ3n) is 5.27. The molecular formula is C13H25W-. The topological polar surface area (TPSA) is 0 Å². The first kappa shape index (κ1) is 14.7. The summed E-state index contributed by atoms with van der Waals surface area (Å²) in [5.41, 5.74) is 0.482. The Kier molecular flexibility index (Phi) is 4.92. The second kappa shape index (κ2) is 4.68. The number of hydrogen-bond donors (Lipinski definition) is 0. The zero-order valence-electron chi connectivity index (χ0n) is 10.7. The molecule has 1 aliphatic rings. The Morgan fingerprint density at radius 2 is 1.43 bits per heavy atom. The Bertz CT molecular complexity index is 168. The summed E-state index contributed by atoms with van der Waals surface area (Å²) in [6.45, 7) is 16.8. The minimum atomic E-state index is 0. The van der Waals surface area contributed by atoms with E-state index in [0.717, 1.165) is 23.7 Å². The standard InChI is InChI=1S/C13H25.W/c1-8-9(2)11(4)13(6,7)12(5)10(8)3;/h8-9,11-12H,1-7H3;/q-1;. The molecule has 0 aromatic rings. The van der Waals surface area contributed by atoms with Gasteiger partial charge in [0, 0.05) is 21.1 Å². The summed E-state index contributed by atoms with van der Waals surface area (Å²) in [5.74, 6) is 4.95. The van der Waals surface area contributed by atoms with Crippen LogP contribution in [0, 0.1) is 35.0 Å². The molecule has 0 aliphatic heterocycles. The monoisotopic (exact) mass is 365 g/mol. The molecule has 14 heavy (non-hydrogen) atoms. The smallest absolute Gasteiger partial charge is 0 e. The van der Waals surface area contributed by atoms with Crippen LogP contribution < -0.4 is 0 Å². The van der Waals surface area contributed by atoms with Gasteiger partial charge in [0.1, 0.15) is 0 Å². The molecule has 0 aromatic carbocycles. The van der Waals surface area contributed by atoms with E-state index in [0.29, 0.717) is 5.41 Å². The summed E-state index contributed by atoms with van der Waals surface area (Å²) in [6.07, 6.45) is 0. The van der Waals surface area contributed by atoms with Gasteiger partial charge in [-0.05, 0) is 5.92 Å². The molecule has 0 N–H and O–H groups in total. The van der Waals surface area contributed by atoms with Crippen molar-refractivity contribution in [2.45, 2.75) is 48.5 Å². The molecule has 0 saturated heterocycles. The van der Waals surface area contributed by atoms with Gasteiger partial charge in [-0.3, -0.25) is 0 Å². The summed E-state index contributed by atoms with van der Waals surface area (Å²) in [7, 11) is 0. The van der Waals surface area contributed by atoms with E-state index < -0.39 is 0 Å². The van der Waals surface area contributed by atoms with Gasteiger partial charge in [0.2, 0.25) is 0 Å². The molecule has 1 rings (SSSR count). The predicted molar refractivity (Wildman–Crippen MR) is 59.4 cm³/mol. The first-order chi connectivity index (χ1) is 5.80. The van der Waals surface area contributed by atoms with E-state index in [4.69, 9.17) is 0 Å². The van der Waals surface area contributed by atoms with Crippen molar-refractivity contribution in [1.82, 2.24) is 0 Å². The zero-order chi connectivity index (χ0) is 10.4. The maximum Gasteiger partial charge on any atom is 0 e. The number of hydrogen-bond acceptors (Lipinski definition) is 0. The summed E-state index contributed by atoms with van der Waals surface area (Å²) < 4.78 is 0. The van der Waals surface area contributed by atoms with Crippen LogP contribution in [-0.2, 0) is 21.1 Å². The van der Waals surface area contributed by atoms with Gasteiger partial charge < -0.3 is 5.92 Å². The molecule has 1 saturated carbocycles. The molecular weight excluding hydrogens is 340 g/mol. The first-order valence-corrected chi connectivity index (χ1v) is 5.63. The largest absolute Gasteiger partial charge is 0.310 e. The fraction of sp³-hybridized carbons (Fsp3) is 0.923. The van der Waals surface area contributed by atoms with Crippen molar-refractivity contribution in [3.8, 4) is 0 Å². The third kappa shape index (κ3) is 2.11. The Morgan fingerprint density at radius 3 is 1.86 bits per heavy atom. The van der Waals surface area contributed by atoms with Crippen LogP contribution in [-0.4, -0.2) is 0 Å². The third-order valence-corrected chi connectivity index (χ3v) is 5.27. The van der Waals surface area contributed by atoms with Gasteiger partial charge in [-0.2, -0.15) is 18.8 Å². The minimum Gasteiger partial charge on any atom is -0.310 e. The Morgan fingerprint density at radius 1 is 1.00 bits per heavy atom. The maximum absolute atomic E-state index is 2.42. The fourth-order valence-electron chi connectivity index (χ4n) is 2.90. The molecule has 0 bridgehead atoms. The SMILES string of the molecule is C[C-]1C(C)C(C)C(C)C(C)(C)C1C.[W]. The van der Waals surface area contributed by atoms with Crippen LogP contribution in [0.3, 0.4) is 0 Å². The second-order valence-corrected chi connectivity index (χ2v) is 5.72. The van der Waals surface area contributed by atoms with Crippen LogP contribution in [0.4, 0.5) is 0 Å². The Labute approximate surface area is 105 Å². The van der Waals surface area contributed by atoms with Crippen LogP contribution >= 0.6 is 0 Å². The van der Waals surface area contributed by atoms with Gasteiger partial charge in [0.15, 0.2) is 0 Å². The van der Waals surface area contributed by atoms with Crippen molar-refractivity contribution >= 4 is 0 Å². The maximum atomic E-state index is 2.42. The quantitative estimate of drug-likeness (QED) is 0.566.